The van der Waals surface area contributed by atoms with Gasteiger partial charge in [0.05, 0.1) is 5.56 Å². The first kappa shape index (κ1) is 14.0. The predicted octanol–water partition coefficient (Wildman–Crippen LogP) is 3.00. The normalized spacial score (nSPS) is 20.1. The molecule has 1 fully saturated rings. The summed E-state index contributed by atoms with van der Waals surface area (Å²) >= 11 is 0. The molecule has 0 aromatic heterocycles. The molecule has 19 heavy (non-hydrogen) atoms. The first-order chi connectivity index (χ1) is 8.97. The van der Waals surface area contributed by atoms with Crippen LogP contribution >= 0.6 is 0 Å². The van der Waals surface area contributed by atoms with Gasteiger partial charge in [0.2, 0.25) is 0 Å². The Balaban J connectivity index is 2.07. The molecular weight excluding hydrogens is 245 g/mol. The molecule has 1 saturated heterocycles. The Morgan fingerprint density at radius 2 is 2.26 bits per heavy atom. The molecule has 1 heterocycles. The number of rotatable bonds is 4. The highest BCUT2D eigenvalue weighted by Gasteiger charge is 2.25. The van der Waals surface area contributed by atoms with Crippen molar-refractivity contribution in [3.05, 3.63) is 35.1 Å². The van der Waals surface area contributed by atoms with Crippen LogP contribution in [0.4, 0.5) is 4.39 Å². The molecule has 1 unspecified atom stereocenters. The predicted molar refractivity (Wildman–Crippen MR) is 71.6 cm³/mol. The minimum atomic E-state index is -1.01. The van der Waals surface area contributed by atoms with Gasteiger partial charge in [-0.3, -0.25) is 4.90 Å². The molecule has 1 aromatic rings. The van der Waals surface area contributed by atoms with Crippen molar-refractivity contribution in [1.29, 1.82) is 0 Å². The summed E-state index contributed by atoms with van der Waals surface area (Å²) in [5.74, 6) is -0.0355. The Labute approximate surface area is 113 Å². The topological polar surface area (TPSA) is 40.5 Å². The summed E-state index contributed by atoms with van der Waals surface area (Å²) in [6.45, 7) is 6.84. The highest BCUT2D eigenvalue weighted by atomic mass is 19.1. The van der Waals surface area contributed by atoms with E-state index < -0.39 is 5.97 Å². The number of carbonyl (C=O) groups is 1. The molecule has 0 bridgehead atoms. The summed E-state index contributed by atoms with van der Waals surface area (Å²) in [5.41, 5.74) is 0.625. The third-order valence-electron chi connectivity index (χ3n) is 3.94. The number of hydrogen-bond donors (Lipinski definition) is 1. The van der Waals surface area contributed by atoms with Crippen LogP contribution in [0.15, 0.2) is 18.2 Å². The van der Waals surface area contributed by atoms with Crippen LogP contribution in [0.25, 0.3) is 0 Å². The molecule has 4 heteroatoms. The van der Waals surface area contributed by atoms with E-state index in [4.69, 9.17) is 5.11 Å². The van der Waals surface area contributed by atoms with Crippen LogP contribution in [0, 0.1) is 17.7 Å². The third-order valence-corrected chi connectivity index (χ3v) is 3.94. The highest BCUT2D eigenvalue weighted by Crippen LogP contribution is 2.25. The molecule has 0 amide bonds. The fourth-order valence-corrected chi connectivity index (χ4v) is 2.62. The van der Waals surface area contributed by atoms with Crippen LogP contribution in [-0.4, -0.2) is 29.1 Å². The van der Waals surface area contributed by atoms with E-state index in [2.05, 4.69) is 18.7 Å². The zero-order chi connectivity index (χ0) is 14.0. The van der Waals surface area contributed by atoms with Crippen molar-refractivity contribution >= 4 is 5.97 Å². The van der Waals surface area contributed by atoms with E-state index in [-0.39, 0.29) is 11.4 Å². The monoisotopic (exact) mass is 265 g/mol. The fourth-order valence-electron chi connectivity index (χ4n) is 2.62. The Bertz CT molecular complexity index is 473. The lowest BCUT2D eigenvalue weighted by Gasteiger charge is -2.18. The van der Waals surface area contributed by atoms with Crippen LogP contribution in [-0.2, 0) is 6.54 Å². The molecule has 3 nitrogen and oxygen atoms in total. The second kappa shape index (κ2) is 5.70. The molecule has 0 spiro atoms. The van der Waals surface area contributed by atoms with Gasteiger partial charge in [-0.15, -0.1) is 0 Å². The van der Waals surface area contributed by atoms with Gasteiger partial charge in [0.1, 0.15) is 5.82 Å². The van der Waals surface area contributed by atoms with E-state index in [9.17, 15) is 9.18 Å². The van der Waals surface area contributed by atoms with Crippen molar-refractivity contribution in [3.63, 3.8) is 0 Å². The van der Waals surface area contributed by atoms with E-state index in [0.717, 1.165) is 19.5 Å². The maximum atomic E-state index is 13.7. The summed E-state index contributed by atoms with van der Waals surface area (Å²) in [4.78, 5) is 13.1. The molecule has 0 radical (unpaired) electrons. The summed E-state index contributed by atoms with van der Waals surface area (Å²) < 4.78 is 13.7. The van der Waals surface area contributed by atoms with E-state index in [1.807, 2.05) is 0 Å². The summed E-state index contributed by atoms with van der Waals surface area (Å²) in [6.07, 6.45) is 1.14. The molecule has 2 rings (SSSR count). The molecule has 1 aliphatic heterocycles. The first-order valence-electron chi connectivity index (χ1n) is 6.71. The maximum Gasteiger partial charge on any atom is 0.335 e. The molecule has 1 N–H and O–H groups in total. The minimum Gasteiger partial charge on any atom is -0.478 e. The van der Waals surface area contributed by atoms with Gasteiger partial charge < -0.3 is 5.11 Å². The first-order valence-corrected chi connectivity index (χ1v) is 6.71. The Morgan fingerprint density at radius 1 is 1.53 bits per heavy atom. The third kappa shape index (κ3) is 3.32. The number of hydrogen-bond acceptors (Lipinski definition) is 2. The number of likely N-dealkylation sites (tertiary alicyclic amines) is 1. The average Bonchev–Trinajstić information content (AvgIpc) is 2.80. The smallest absolute Gasteiger partial charge is 0.335 e. The van der Waals surface area contributed by atoms with Crippen LogP contribution < -0.4 is 0 Å². The molecule has 0 aliphatic carbocycles. The van der Waals surface area contributed by atoms with Gasteiger partial charge in [0.25, 0.3) is 0 Å². The Morgan fingerprint density at radius 3 is 2.84 bits per heavy atom. The minimum absolute atomic E-state index is 0.149. The van der Waals surface area contributed by atoms with E-state index >= 15 is 0 Å². The van der Waals surface area contributed by atoms with Gasteiger partial charge in [-0.1, -0.05) is 13.8 Å². The second-order valence-corrected chi connectivity index (χ2v) is 5.64. The number of halogens is 1. The van der Waals surface area contributed by atoms with E-state index in [1.165, 1.54) is 18.2 Å². The summed E-state index contributed by atoms with van der Waals surface area (Å²) in [7, 11) is 0. The lowest BCUT2D eigenvalue weighted by molar-refractivity contribution is 0.0696. The second-order valence-electron chi connectivity index (χ2n) is 5.64. The molecular formula is C15H20FNO2. The van der Waals surface area contributed by atoms with E-state index in [1.54, 1.807) is 0 Å². The largest absolute Gasteiger partial charge is 0.478 e. The van der Waals surface area contributed by atoms with Gasteiger partial charge in [0, 0.05) is 18.7 Å². The van der Waals surface area contributed by atoms with Gasteiger partial charge >= 0.3 is 5.97 Å². The number of carboxylic acid groups (broad SMARTS) is 1. The van der Waals surface area contributed by atoms with Crippen LogP contribution in [0.5, 0.6) is 0 Å². The summed E-state index contributed by atoms with van der Waals surface area (Å²) in [6, 6.07) is 4.00. The quantitative estimate of drug-likeness (QED) is 0.909. The zero-order valence-corrected chi connectivity index (χ0v) is 11.4. The average molecular weight is 265 g/mol. The SMILES string of the molecule is CC(C)C1CCN(Cc2cc(C(=O)O)ccc2F)C1. The highest BCUT2D eigenvalue weighted by molar-refractivity contribution is 5.87. The number of aromatic carboxylic acids is 1. The van der Waals surface area contributed by atoms with Crippen LogP contribution in [0.1, 0.15) is 36.2 Å². The molecule has 1 atom stereocenters. The molecule has 1 aromatic carbocycles. The van der Waals surface area contributed by atoms with Crippen LogP contribution in [0.2, 0.25) is 0 Å². The number of carboxylic acids is 1. The number of nitrogens with zero attached hydrogens (tertiary/aromatic N) is 1. The number of benzene rings is 1. The fraction of sp³-hybridized carbons (Fsp3) is 0.533. The summed E-state index contributed by atoms with van der Waals surface area (Å²) in [5, 5.41) is 8.94. The molecule has 1 aliphatic rings. The lowest BCUT2D eigenvalue weighted by atomic mass is 9.95. The van der Waals surface area contributed by atoms with Crippen molar-refractivity contribution < 1.29 is 14.3 Å². The van der Waals surface area contributed by atoms with Crippen molar-refractivity contribution in [2.75, 3.05) is 13.1 Å². The van der Waals surface area contributed by atoms with Gasteiger partial charge in [-0.05, 0) is 43.0 Å². The van der Waals surface area contributed by atoms with Gasteiger partial charge in [0.15, 0.2) is 0 Å². The zero-order valence-electron chi connectivity index (χ0n) is 11.4. The Hall–Kier alpha value is -1.42. The maximum absolute atomic E-state index is 13.7. The lowest BCUT2D eigenvalue weighted by Crippen LogP contribution is -2.22. The molecule has 104 valence electrons. The van der Waals surface area contributed by atoms with Crippen LogP contribution in [0.3, 0.4) is 0 Å². The van der Waals surface area contributed by atoms with Gasteiger partial charge in [-0.2, -0.15) is 0 Å². The molecule has 0 saturated carbocycles. The Kier molecular flexibility index (Phi) is 4.20. The van der Waals surface area contributed by atoms with E-state index in [0.29, 0.717) is 23.9 Å². The van der Waals surface area contributed by atoms with Crippen molar-refractivity contribution in [1.82, 2.24) is 4.90 Å². The van der Waals surface area contributed by atoms with Crippen molar-refractivity contribution in [3.8, 4) is 0 Å². The van der Waals surface area contributed by atoms with Gasteiger partial charge in [-0.25, -0.2) is 9.18 Å². The standard InChI is InChI=1S/C15H20FNO2/c1-10(2)12-5-6-17(8-12)9-13-7-11(15(18)19)3-4-14(13)16/h3-4,7,10,12H,5-6,8-9H2,1-2H3,(H,18,19). The van der Waals surface area contributed by atoms with Crippen molar-refractivity contribution in [2.45, 2.75) is 26.8 Å². The van der Waals surface area contributed by atoms with Crippen molar-refractivity contribution in [2.24, 2.45) is 11.8 Å².